The highest BCUT2D eigenvalue weighted by atomic mass is 19.4. The predicted molar refractivity (Wildman–Crippen MR) is 98.6 cm³/mol. The molecule has 2 aliphatic heterocycles. The third kappa shape index (κ3) is 3.64. The topological polar surface area (TPSA) is 89.4 Å². The molecule has 0 aliphatic carbocycles. The summed E-state index contributed by atoms with van der Waals surface area (Å²) in [7, 11) is 1.59. The van der Waals surface area contributed by atoms with Gasteiger partial charge >= 0.3 is 6.18 Å². The van der Waals surface area contributed by atoms with Crippen LogP contribution in [0.2, 0.25) is 0 Å². The molecule has 2 aliphatic rings. The Bertz CT molecular complexity index is 1010. The molecule has 4 rings (SSSR count). The van der Waals surface area contributed by atoms with E-state index < -0.39 is 30.1 Å². The highest BCUT2D eigenvalue weighted by Gasteiger charge is 2.45. The Morgan fingerprint density at radius 3 is 2.93 bits per heavy atom. The first-order valence-corrected chi connectivity index (χ1v) is 9.38. The molecule has 8 nitrogen and oxygen atoms in total. The van der Waals surface area contributed by atoms with Crippen LogP contribution in [0.25, 0.3) is 0 Å². The van der Waals surface area contributed by atoms with Gasteiger partial charge in [-0.15, -0.1) is 0 Å². The number of aryl methyl sites for hydroxylation is 1. The van der Waals surface area contributed by atoms with Gasteiger partial charge in [0.2, 0.25) is 0 Å². The number of fused-ring (bicyclic) bond motifs is 2. The summed E-state index contributed by atoms with van der Waals surface area (Å²) in [5.41, 5.74) is -0.859. The van der Waals surface area contributed by atoms with E-state index in [0.29, 0.717) is 24.3 Å². The lowest BCUT2D eigenvalue weighted by Crippen LogP contribution is -2.47. The molecule has 0 radical (unpaired) electrons. The van der Waals surface area contributed by atoms with Crippen LogP contribution < -0.4 is 10.2 Å². The summed E-state index contributed by atoms with van der Waals surface area (Å²) in [6, 6.07) is 2.21. The molecule has 0 bridgehead atoms. The van der Waals surface area contributed by atoms with Crippen LogP contribution in [0.4, 0.5) is 19.0 Å². The second-order valence-corrected chi connectivity index (χ2v) is 7.66. The molecule has 1 N–H and O–H groups in total. The number of aromatic nitrogens is 3. The quantitative estimate of drug-likeness (QED) is 0.817. The van der Waals surface area contributed by atoms with Crippen molar-refractivity contribution < 1.29 is 27.5 Å². The Kier molecular flexibility index (Phi) is 4.80. The molecule has 0 saturated heterocycles. The average molecular weight is 423 g/mol. The van der Waals surface area contributed by atoms with Gasteiger partial charge in [0.1, 0.15) is 17.6 Å². The van der Waals surface area contributed by atoms with Gasteiger partial charge in [-0.1, -0.05) is 0 Å². The Morgan fingerprint density at radius 1 is 1.43 bits per heavy atom. The van der Waals surface area contributed by atoms with Crippen molar-refractivity contribution in [2.24, 2.45) is 0 Å². The molecule has 0 fully saturated rings. The fourth-order valence-corrected chi connectivity index (χ4v) is 3.93. The van der Waals surface area contributed by atoms with E-state index in [9.17, 15) is 22.8 Å². The molecule has 0 spiro atoms. The van der Waals surface area contributed by atoms with Crippen LogP contribution in [0.5, 0.6) is 0 Å². The van der Waals surface area contributed by atoms with Gasteiger partial charge in [-0.25, -0.2) is 4.68 Å². The number of ether oxygens (including phenoxy) is 1. The van der Waals surface area contributed by atoms with Crippen molar-refractivity contribution in [2.45, 2.75) is 50.7 Å². The molecular weight excluding hydrogens is 403 g/mol. The second-order valence-electron chi connectivity index (χ2n) is 7.66. The number of pyridine rings is 1. The van der Waals surface area contributed by atoms with Gasteiger partial charge in [-0.3, -0.25) is 19.5 Å². The average Bonchev–Trinajstić information content (AvgIpc) is 3.24. The molecular formula is C19H20F3N5O3. The van der Waals surface area contributed by atoms with Crippen molar-refractivity contribution in [3.8, 4) is 0 Å². The van der Waals surface area contributed by atoms with Crippen LogP contribution in [0.3, 0.4) is 0 Å². The summed E-state index contributed by atoms with van der Waals surface area (Å²) in [5, 5.41) is 6.80. The summed E-state index contributed by atoms with van der Waals surface area (Å²) in [4.78, 5) is 31.0. The third-order valence-corrected chi connectivity index (χ3v) is 5.47. The van der Waals surface area contributed by atoms with Crippen molar-refractivity contribution in [1.29, 1.82) is 0 Å². The second kappa shape index (κ2) is 7.08. The van der Waals surface area contributed by atoms with Crippen LogP contribution in [0.1, 0.15) is 41.4 Å². The number of carbonyl (C=O) groups is 2. The fourth-order valence-electron chi connectivity index (χ4n) is 3.93. The number of likely N-dealkylation sites (N-methyl/N-ethyl adjacent to an activating group) is 1. The molecule has 1 unspecified atom stereocenters. The zero-order chi connectivity index (χ0) is 21.7. The van der Waals surface area contributed by atoms with E-state index in [0.717, 1.165) is 0 Å². The normalized spacial score (nSPS) is 23.7. The lowest BCUT2D eigenvalue weighted by atomic mass is 9.91. The minimum Gasteiger partial charge on any atom is -0.365 e. The van der Waals surface area contributed by atoms with Crippen LogP contribution in [-0.2, 0) is 28.3 Å². The summed E-state index contributed by atoms with van der Waals surface area (Å²) in [5.74, 6) is -0.327. The number of anilines is 1. The maximum Gasteiger partial charge on any atom is 0.392 e. The number of halogens is 3. The molecule has 30 heavy (non-hydrogen) atoms. The van der Waals surface area contributed by atoms with Crippen molar-refractivity contribution in [2.75, 3.05) is 11.9 Å². The molecule has 2 aromatic rings. The Hall–Kier alpha value is -2.95. The third-order valence-electron chi connectivity index (χ3n) is 5.47. The lowest BCUT2D eigenvalue weighted by molar-refractivity contribution is -0.184. The number of hydrogen-bond acceptors (Lipinski definition) is 5. The molecule has 0 aromatic carbocycles. The largest absolute Gasteiger partial charge is 0.392 e. The van der Waals surface area contributed by atoms with Crippen molar-refractivity contribution in [1.82, 2.24) is 20.1 Å². The van der Waals surface area contributed by atoms with E-state index in [1.807, 2.05) is 0 Å². The Morgan fingerprint density at radius 2 is 2.20 bits per heavy atom. The number of hydrogen-bond donors (Lipinski definition) is 1. The number of rotatable bonds is 3. The fraction of sp³-hybridized carbons (Fsp3) is 0.474. The zero-order valence-electron chi connectivity index (χ0n) is 16.4. The minimum absolute atomic E-state index is 0.00577. The summed E-state index contributed by atoms with van der Waals surface area (Å²) < 4.78 is 46.0. The van der Waals surface area contributed by atoms with E-state index in [-0.39, 0.29) is 23.8 Å². The van der Waals surface area contributed by atoms with E-state index in [1.165, 1.54) is 24.1 Å². The summed E-state index contributed by atoms with van der Waals surface area (Å²) >= 11 is 0. The van der Waals surface area contributed by atoms with Crippen LogP contribution in [0.15, 0.2) is 24.5 Å². The van der Waals surface area contributed by atoms with Gasteiger partial charge < -0.3 is 10.1 Å². The van der Waals surface area contributed by atoms with Crippen molar-refractivity contribution in [3.05, 3.63) is 41.3 Å². The minimum atomic E-state index is -4.43. The maximum atomic E-state index is 13.0. The predicted octanol–water partition coefficient (Wildman–Crippen LogP) is 2.14. The van der Waals surface area contributed by atoms with E-state index in [2.05, 4.69) is 15.4 Å². The lowest BCUT2D eigenvalue weighted by Gasteiger charge is -2.26. The molecule has 0 saturated carbocycles. The Labute approximate surface area is 170 Å². The molecule has 2 amide bonds. The molecule has 2 atom stereocenters. The van der Waals surface area contributed by atoms with Gasteiger partial charge in [-0.2, -0.15) is 18.3 Å². The first kappa shape index (κ1) is 20.3. The number of nitrogens with zero attached hydrogens (tertiary/aromatic N) is 4. The highest BCUT2D eigenvalue weighted by molar-refractivity contribution is 6.01. The van der Waals surface area contributed by atoms with Gasteiger partial charge in [-0.05, 0) is 25.0 Å². The van der Waals surface area contributed by atoms with Crippen LogP contribution in [-0.4, -0.2) is 45.8 Å². The molecule has 2 aromatic heterocycles. The number of amides is 2. The molecule has 4 heterocycles. The van der Waals surface area contributed by atoms with Crippen molar-refractivity contribution in [3.63, 3.8) is 0 Å². The first-order chi connectivity index (χ1) is 14.1. The van der Waals surface area contributed by atoms with Crippen LogP contribution >= 0.6 is 0 Å². The van der Waals surface area contributed by atoms with Gasteiger partial charge in [0.15, 0.2) is 0 Å². The van der Waals surface area contributed by atoms with Crippen molar-refractivity contribution >= 4 is 17.6 Å². The SMILES string of the molecule is CN1C(=O)[C@@H](NC(=O)c2cc3c(cn2)COC3(C)CC(F)(F)F)CCn2nccc21. The number of nitrogens with one attached hydrogen (secondary N) is 1. The smallest absolute Gasteiger partial charge is 0.365 e. The first-order valence-electron chi connectivity index (χ1n) is 9.38. The van der Waals surface area contributed by atoms with Gasteiger partial charge in [0.25, 0.3) is 11.8 Å². The number of carbonyl (C=O) groups excluding carboxylic acids is 2. The Balaban J connectivity index is 1.54. The van der Waals surface area contributed by atoms with E-state index in [1.54, 1.807) is 24.0 Å². The zero-order valence-corrected chi connectivity index (χ0v) is 16.4. The molecule has 11 heteroatoms. The summed E-state index contributed by atoms with van der Waals surface area (Å²) in [6.07, 6.45) is -2.34. The van der Waals surface area contributed by atoms with Crippen LogP contribution in [0, 0.1) is 0 Å². The van der Waals surface area contributed by atoms with E-state index >= 15 is 0 Å². The van der Waals surface area contributed by atoms with Gasteiger partial charge in [0, 0.05) is 31.4 Å². The highest BCUT2D eigenvalue weighted by Crippen LogP contribution is 2.43. The van der Waals surface area contributed by atoms with E-state index in [4.69, 9.17) is 4.74 Å². The number of alkyl halides is 3. The summed E-state index contributed by atoms with van der Waals surface area (Å²) in [6.45, 7) is 1.77. The standard InChI is InChI=1S/C19H20F3N5O3/c1-18(10-19(20,21)22)12-7-14(23-8-11(12)9-30-18)16(28)25-13-4-6-27-15(3-5-24-27)26(2)17(13)29/h3,5,7-8,13H,4,6,9-10H2,1-2H3,(H,25,28)/t13-,18?/m0/s1. The maximum absolute atomic E-state index is 13.0. The van der Waals surface area contributed by atoms with Gasteiger partial charge in [0.05, 0.1) is 24.8 Å². The molecule has 160 valence electrons. The monoisotopic (exact) mass is 423 g/mol.